The highest BCUT2D eigenvalue weighted by Crippen LogP contribution is 2.19. The van der Waals surface area contributed by atoms with E-state index in [0.717, 1.165) is 25.2 Å². The summed E-state index contributed by atoms with van der Waals surface area (Å²) in [4.78, 5) is 20.7. The lowest BCUT2D eigenvalue weighted by Gasteiger charge is -2.26. The van der Waals surface area contributed by atoms with Crippen LogP contribution in [-0.4, -0.2) is 53.9 Å². The molecule has 0 radical (unpaired) electrons. The third kappa shape index (κ3) is 3.08. The maximum Gasteiger partial charge on any atom is 0.257 e. The molecule has 1 saturated heterocycles. The Morgan fingerprint density at radius 2 is 2.40 bits per heavy atom. The number of likely N-dealkylation sites (N-methyl/N-ethyl adjacent to an activating group) is 2. The third-order valence-electron chi connectivity index (χ3n) is 3.93. The first kappa shape index (κ1) is 14.7. The Morgan fingerprint density at radius 3 is 3.00 bits per heavy atom. The van der Waals surface area contributed by atoms with Crippen molar-refractivity contribution in [3.8, 4) is 0 Å². The number of nitrogens with one attached hydrogen (secondary N) is 1. The summed E-state index contributed by atoms with van der Waals surface area (Å²) in [5.41, 5.74) is 4.54. The van der Waals surface area contributed by atoms with Gasteiger partial charge in [0.25, 0.3) is 5.91 Å². The van der Waals surface area contributed by atoms with Crippen LogP contribution in [0.2, 0.25) is 0 Å². The lowest BCUT2D eigenvalue weighted by atomic mass is 10.1. The highest BCUT2D eigenvalue weighted by atomic mass is 16.2. The van der Waals surface area contributed by atoms with E-state index in [-0.39, 0.29) is 5.91 Å². The average molecular weight is 277 g/mol. The quantitative estimate of drug-likeness (QED) is 0.630. The second-order valence-corrected chi connectivity index (χ2v) is 5.48. The Balaban J connectivity index is 2.10. The summed E-state index contributed by atoms with van der Waals surface area (Å²) < 4.78 is 0. The Hall–Kier alpha value is -1.66. The van der Waals surface area contributed by atoms with Crippen LogP contribution in [0.5, 0.6) is 0 Å². The minimum atomic E-state index is -0.0502. The van der Waals surface area contributed by atoms with Crippen LogP contribution in [0.3, 0.4) is 0 Å². The topological polar surface area (TPSA) is 74.5 Å². The van der Waals surface area contributed by atoms with Crippen LogP contribution in [0.15, 0.2) is 12.3 Å². The summed E-state index contributed by atoms with van der Waals surface area (Å²) in [6.07, 6.45) is 3.93. The van der Waals surface area contributed by atoms with Gasteiger partial charge in [0.1, 0.15) is 0 Å². The Kier molecular flexibility index (Phi) is 4.57. The summed E-state index contributed by atoms with van der Waals surface area (Å²) in [6, 6.07) is 2.22. The van der Waals surface area contributed by atoms with Crippen LogP contribution in [0.1, 0.15) is 28.9 Å². The Bertz CT molecular complexity index is 490. The largest absolute Gasteiger partial charge is 0.340 e. The van der Waals surface area contributed by atoms with E-state index in [0.29, 0.717) is 17.3 Å². The van der Waals surface area contributed by atoms with E-state index in [1.54, 1.807) is 17.2 Å². The van der Waals surface area contributed by atoms with E-state index in [9.17, 15) is 4.79 Å². The first-order chi connectivity index (χ1) is 9.52. The molecule has 1 aromatic heterocycles. The number of anilines is 1. The first-order valence-corrected chi connectivity index (χ1v) is 6.92. The standard InChI is InChI=1S/C14H23N5O/c1-10-7-13(17-15)12(8-16-10)14(20)19(3)9-11-5-4-6-18(11)2/h7-8,11H,4-6,9,15H2,1-3H3,(H,16,17). The number of nitrogens with zero attached hydrogens (tertiary/aromatic N) is 3. The Morgan fingerprint density at radius 1 is 1.65 bits per heavy atom. The first-order valence-electron chi connectivity index (χ1n) is 6.92. The molecule has 6 nitrogen and oxygen atoms in total. The van der Waals surface area contributed by atoms with Gasteiger partial charge in [-0.1, -0.05) is 0 Å². The number of hydrogen-bond acceptors (Lipinski definition) is 5. The highest BCUT2D eigenvalue weighted by molar-refractivity contribution is 5.99. The minimum Gasteiger partial charge on any atom is -0.340 e. The van der Waals surface area contributed by atoms with Crippen LogP contribution in [0, 0.1) is 6.92 Å². The number of pyridine rings is 1. The fourth-order valence-electron chi connectivity index (χ4n) is 2.66. The van der Waals surface area contributed by atoms with E-state index in [1.807, 2.05) is 14.0 Å². The van der Waals surface area contributed by atoms with Gasteiger partial charge in [0.05, 0.1) is 11.3 Å². The third-order valence-corrected chi connectivity index (χ3v) is 3.93. The number of aromatic nitrogens is 1. The van der Waals surface area contributed by atoms with Gasteiger partial charge in [0.2, 0.25) is 0 Å². The molecule has 20 heavy (non-hydrogen) atoms. The SMILES string of the molecule is Cc1cc(NN)c(C(=O)N(C)CC2CCCN2C)cn1. The van der Waals surface area contributed by atoms with Crippen molar-refractivity contribution in [3.63, 3.8) is 0 Å². The lowest BCUT2D eigenvalue weighted by Crippen LogP contribution is -2.39. The molecule has 0 saturated carbocycles. The summed E-state index contributed by atoms with van der Waals surface area (Å²) in [7, 11) is 3.94. The van der Waals surface area contributed by atoms with Crippen molar-refractivity contribution in [2.75, 3.05) is 32.6 Å². The number of hydrogen-bond donors (Lipinski definition) is 2. The van der Waals surface area contributed by atoms with Crippen molar-refractivity contribution < 1.29 is 4.79 Å². The number of rotatable bonds is 4. The van der Waals surface area contributed by atoms with Gasteiger partial charge in [0, 0.05) is 31.5 Å². The summed E-state index contributed by atoms with van der Waals surface area (Å²) >= 11 is 0. The number of likely N-dealkylation sites (tertiary alicyclic amines) is 1. The molecule has 2 heterocycles. The van der Waals surface area contributed by atoms with Gasteiger partial charge in [-0.2, -0.15) is 0 Å². The predicted octanol–water partition coefficient (Wildman–Crippen LogP) is 0.842. The Labute approximate surface area is 119 Å². The van der Waals surface area contributed by atoms with E-state index in [2.05, 4.69) is 22.4 Å². The van der Waals surface area contributed by atoms with Crippen molar-refractivity contribution in [1.29, 1.82) is 0 Å². The number of nitrogens with two attached hydrogens (primary N) is 1. The molecule has 1 aliphatic heterocycles. The molecule has 1 aromatic rings. The molecule has 0 spiro atoms. The van der Waals surface area contributed by atoms with E-state index >= 15 is 0 Å². The number of carbonyl (C=O) groups is 1. The molecule has 1 amide bonds. The highest BCUT2D eigenvalue weighted by Gasteiger charge is 2.25. The zero-order valence-electron chi connectivity index (χ0n) is 12.4. The van der Waals surface area contributed by atoms with Crippen molar-refractivity contribution in [1.82, 2.24) is 14.8 Å². The molecule has 1 unspecified atom stereocenters. The number of amides is 1. The van der Waals surface area contributed by atoms with Crippen LogP contribution in [-0.2, 0) is 0 Å². The maximum absolute atomic E-state index is 12.5. The molecular weight excluding hydrogens is 254 g/mol. The van der Waals surface area contributed by atoms with Gasteiger partial charge >= 0.3 is 0 Å². The monoisotopic (exact) mass is 277 g/mol. The molecule has 1 atom stereocenters. The minimum absolute atomic E-state index is 0.0502. The van der Waals surface area contributed by atoms with E-state index < -0.39 is 0 Å². The normalized spacial score (nSPS) is 19.1. The average Bonchev–Trinajstić information content (AvgIpc) is 2.83. The second kappa shape index (κ2) is 6.19. The van der Waals surface area contributed by atoms with Crippen molar-refractivity contribution in [3.05, 3.63) is 23.5 Å². The van der Waals surface area contributed by atoms with Crippen molar-refractivity contribution >= 4 is 11.6 Å². The molecule has 0 aromatic carbocycles. The zero-order valence-corrected chi connectivity index (χ0v) is 12.4. The molecule has 2 rings (SSSR count). The van der Waals surface area contributed by atoms with E-state index in [1.165, 1.54) is 6.42 Å². The molecular formula is C14H23N5O. The van der Waals surface area contributed by atoms with Gasteiger partial charge in [-0.15, -0.1) is 0 Å². The van der Waals surface area contributed by atoms with Crippen molar-refractivity contribution in [2.45, 2.75) is 25.8 Å². The molecule has 6 heteroatoms. The van der Waals surface area contributed by atoms with Gasteiger partial charge in [-0.05, 0) is 39.4 Å². The van der Waals surface area contributed by atoms with Gasteiger partial charge < -0.3 is 15.2 Å². The smallest absolute Gasteiger partial charge is 0.257 e. The van der Waals surface area contributed by atoms with E-state index in [4.69, 9.17) is 5.84 Å². The lowest BCUT2D eigenvalue weighted by molar-refractivity contribution is 0.0762. The number of aryl methyl sites for hydroxylation is 1. The second-order valence-electron chi connectivity index (χ2n) is 5.48. The molecule has 1 aliphatic rings. The number of nitrogen functional groups attached to an aromatic ring is 1. The number of hydrazine groups is 1. The summed E-state index contributed by atoms with van der Waals surface area (Å²) in [5, 5.41) is 0. The van der Waals surface area contributed by atoms with Gasteiger partial charge in [-0.3, -0.25) is 15.6 Å². The maximum atomic E-state index is 12.5. The summed E-state index contributed by atoms with van der Waals surface area (Å²) in [5.74, 6) is 5.44. The predicted molar refractivity (Wildman–Crippen MR) is 79.4 cm³/mol. The molecule has 110 valence electrons. The van der Waals surface area contributed by atoms with Crippen LogP contribution in [0.4, 0.5) is 5.69 Å². The fourth-order valence-corrected chi connectivity index (χ4v) is 2.66. The molecule has 3 N–H and O–H groups in total. The van der Waals surface area contributed by atoms with Crippen LogP contribution in [0.25, 0.3) is 0 Å². The fraction of sp³-hybridized carbons (Fsp3) is 0.571. The molecule has 0 aliphatic carbocycles. The zero-order chi connectivity index (χ0) is 14.7. The molecule has 0 bridgehead atoms. The number of carbonyl (C=O) groups excluding carboxylic acids is 1. The summed E-state index contributed by atoms with van der Waals surface area (Å²) in [6.45, 7) is 3.70. The van der Waals surface area contributed by atoms with Crippen molar-refractivity contribution in [2.24, 2.45) is 5.84 Å². The van der Waals surface area contributed by atoms with Crippen LogP contribution >= 0.6 is 0 Å². The van der Waals surface area contributed by atoms with Crippen LogP contribution < -0.4 is 11.3 Å². The van der Waals surface area contributed by atoms with Gasteiger partial charge in [-0.25, -0.2) is 0 Å². The molecule has 1 fully saturated rings. The van der Waals surface area contributed by atoms with Gasteiger partial charge in [0.15, 0.2) is 0 Å².